The zero-order chi connectivity index (χ0) is 16.5. The quantitative estimate of drug-likeness (QED) is 0.757. The van der Waals surface area contributed by atoms with Gasteiger partial charge in [0.05, 0.1) is 0 Å². The van der Waals surface area contributed by atoms with Crippen molar-refractivity contribution in [1.82, 2.24) is 20.6 Å². The molecule has 24 heavy (non-hydrogen) atoms. The highest BCUT2D eigenvalue weighted by atomic mass is 16.2. The summed E-state index contributed by atoms with van der Waals surface area (Å²) < 4.78 is 0. The van der Waals surface area contributed by atoms with Crippen LogP contribution in [0.3, 0.4) is 0 Å². The molecule has 7 heteroatoms. The maximum Gasteiger partial charge on any atom is 0.315 e. The topological polar surface area (TPSA) is 90.1 Å². The number of carbonyl (C=O) groups is 1. The fourth-order valence-electron chi connectivity index (χ4n) is 3.77. The van der Waals surface area contributed by atoms with E-state index in [-0.39, 0.29) is 17.6 Å². The highest BCUT2D eigenvalue weighted by molar-refractivity contribution is 5.75. The molecule has 2 heterocycles. The van der Waals surface area contributed by atoms with Gasteiger partial charge in [0, 0.05) is 37.6 Å². The van der Waals surface area contributed by atoms with Crippen LogP contribution in [-0.2, 0) is 0 Å². The third-order valence-electron chi connectivity index (χ3n) is 5.30. The molecule has 0 aromatic carbocycles. The molecule has 3 aliphatic rings. The third-order valence-corrected chi connectivity index (χ3v) is 5.30. The van der Waals surface area contributed by atoms with Gasteiger partial charge in [-0.1, -0.05) is 0 Å². The molecule has 2 aliphatic carbocycles. The van der Waals surface area contributed by atoms with E-state index in [1.807, 2.05) is 4.90 Å². The van der Waals surface area contributed by atoms with Gasteiger partial charge in [0.2, 0.25) is 0 Å². The fraction of sp³-hybridized carbons (Fsp3) is 0.706. The van der Waals surface area contributed by atoms with Gasteiger partial charge in [-0.15, -0.1) is 0 Å². The number of rotatable bonds is 5. The Morgan fingerprint density at radius 3 is 2.67 bits per heavy atom. The van der Waals surface area contributed by atoms with Gasteiger partial charge in [-0.25, -0.2) is 9.78 Å². The Morgan fingerprint density at radius 2 is 2.00 bits per heavy atom. The molecule has 2 amide bonds. The third kappa shape index (κ3) is 3.55. The van der Waals surface area contributed by atoms with E-state index in [1.165, 1.54) is 31.9 Å². The minimum atomic E-state index is -0.176. The average molecular weight is 331 g/mol. The lowest BCUT2D eigenvalue weighted by Crippen LogP contribution is -2.53. The van der Waals surface area contributed by atoms with Crippen LogP contribution in [0.5, 0.6) is 0 Å². The zero-order valence-corrected chi connectivity index (χ0v) is 13.8. The molecular weight excluding hydrogens is 306 g/mol. The van der Waals surface area contributed by atoms with E-state index in [4.69, 9.17) is 0 Å². The molecule has 1 aliphatic heterocycles. The molecule has 0 unspecified atom stereocenters. The molecule has 4 rings (SSSR count). The van der Waals surface area contributed by atoms with Crippen molar-refractivity contribution >= 4 is 11.8 Å². The van der Waals surface area contributed by atoms with Crippen molar-refractivity contribution in [3.8, 4) is 0 Å². The van der Waals surface area contributed by atoms with E-state index in [0.717, 1.165) is 19.4 Å². The van der Waals surface area contributed by atoms with Crippen molar-refractivity contribution in [3.63, 3.8) is 0 Å². The van der Waals surface area contributed by atoms with Crippen molar-refractivity contribution in [2.24, 2.45) is 11.8 Å². The molecular formula is C17H25N5O2. The number of H-pyrrole nitrogens is 1. The molecule has 1 atom stereocenters. The Balaban J connectivity index is 1.33. The summed E-state index contributed by atoms with van der Waals surface area (Å²) in [5, 5.41) is 6.30. The number of nitrogens with zero attached hydrogens (tertiary/aromatic N) is 2. The highest BCUT2D eigenvalue weighted by Crippen LogP contribution is 2.44. The predicted octanol–water partition coefficient (Wildman–Crippen LogP) is 1.23. The van der Waals surface area contributed by atoms with E-state index >= 15 is 0 Å². The summed E-state index contributed by atoms with van der Waals surface area (Å²) in [7, 11) is 0. The summed E-state index contributed by atoms with van der Waals surface area (Å²) in [6.45, 7) is 1.43. The number of carbonyl (C=O) groups excluding carboxylic acids is 1. The van der Waals surface area contributed by atoms with E-state index in [2.05, 4.69) is 20.6 Å². The van der Waals surface area contributed by atoms with Crippen molar-refractivity contribution in [1.29, 1.82) is 0 Å². The molecule has 0 bridgehead atoms. The zero-order valence-electron chi connectivity index (χ0n) is 13.8. The Morgan fingerprint density at radius 1 is 1.25 bits per heavy atom. The number of amides is 2. The SMILES string of the molecule is O=C(NC(C1CC1)C1CC1)N[C@@H]1CCCN(c2ncc[nH]c2=O)C1. The standard InChI is InChI=1S/C17H25N5O2/c23-16-15(18-7-8-19-16)22-9-1-2-13(10-22)20-17(24)21-14(11-3-4-11)12-5-6-12/h7-8,11-14H,1-6,9-10H2,(H,19,23)(H2,20,21,24)/t13-/m1/s1. The van der Waals surface area contributed by atoms with Crippen LogP contribution in [0.15, 0.2) is 17.2 Å². The summed E-state index contributed by atoms with van der Waals surface area (Å²) in [5.41, 5.74) is -0.176. The molecule has 0 radical (unpaired) electrons. The van der Waals surface area contributed by atoms with Gasteiger partial charge >= 0.3 is 6.03 Å². The first-order valence-corrected chi connectivity index (χ1v) is 9.06. The molecule has 3 fully saturated rings. The van der Waals surface area contributed by atoms with Gasteiger partial charge in [0.15, 0.2) is 5.82 Å². The normalized spacial score (nSPS) is 24.0. The maximum absolute atomic E-state index is 12.4. The maximum atomic E-state index is 12.4. The predicted molar refractivity (Wildman–Crippen MR) is 91.0 cm³/mol. The molecule has 0 spiro atoms. The van der Waals surface area contributed by atoms with Crippen molar-refractivity contribution in [2.45, 2.75) is 50.6 Å². The lowest BCUT2D eigenvalue weighted by Gasteiger charge is -2.33. The first-order valence-electron chi connectivity index (χ1n) is 9.06. The molecule has 7 nitrogen and oxygen atoms in total. The van der Waals surface area contributed by atoms with Gasteiger partial charge in [0.1, 0.15) is 0 Å². The largest absolute Gasteiger partial charge is 0.350 e. The summed E-state index contributed by atoms with van der Waals surface area (Å²) in [5.74, 6) is 1.83. The lowest BCUT2D eigenvalue weighted by atomic mass is 10.1. The Hall–Kier alpha value is -2.05. The number of hydrogen-bond acceptors (Lipinski definition) is 4. The van der Waals surface area contributed by atoms with Crippen LogP contribution < -0.4 is 21.1 Å². The van der Waals surface area contributed by atoms with Gasteiger partial charge in [0.25, 0.3) is 5.56 Å². The molecule has 1 aromatic heterocycles. The monoisotopic (exact) mass is 331 g/mol. The smallest absolute Gasteiger partial charge is 0.315 e. The van der Waals surface area contributed by atoms with Crippen LogP contribution in [0, 0.1) is 11.8 Å². The highest BCUT2D eigenvalue weighted by Gasteiger charge is 2.42. The number of urea groups is 1. The lowest BCUT2D eigenvalue weighted by molar-refractivity contribution is 0.227. The fourth-order valence-corrected chi connectivity index (χ4v) is 3.77. The summed E-state index contributed by atoms with van der Waals surface area (Å²) in [6.07, 6.45) is 10.0. The number of nitrogens with one attached hydrogen (secondary N) is 3. The van der Waals surface area contributed by atoms with Gasteiger partial charge in [-0.3, -0.25) is 4.79 Å². The van der Waals surface area contributed by atoms with E-state index in [0.29, 0.717) is 30.2 Å². The average Bonchev–Trinajstić information content (AvgIpc) is 3.47. The molecule has 1 aromatic rings. The number of piperidine rings is 1. The number of hydrogen-bond donors (Lipinski definition) is 3. The molecule has 3 N–H and O–H groups in total. The van der Waals surface area contributed by atoms with Crippen LogP contribution in [-0.4, -0.2) is 41.2 Å². The minimum absolute atomic E-state index is 0.0548. The van der Waals surface area contributed by atoms with E-state index in [1.54, 1.807) is 6.20 Å². The van der Waals surface area contributed by atoms with Gasteiger partial charge in [-0.2, -0.15) is 0 Å². The molecule has 2 saturated carbocycles. The van der Waals surface area contributed by atoms with Crippen LogP contribution >= 0.6 is 0 Å². The van der Waals surface area contributed by atoms with Crippen molar-refractivity contribution < 1.29 is 4.79 Å². The van der Waals surface area contributed by atoms with Crippen LogP contribution in [0.4, 0.5) is 10.6 Å². The molecule has 130 valence electrons. The Labute approximate surface area is 141 Å². The Bertz CT molecular complexity index is 640. The van der Waals surface area contributed by atoms with Crippen LogP contribution in [0.1, 0.15) is 38.5 Å². The number of aromatic nitrogens is 2. The second-order valence-corrected chi connectivity index (χ2v) is 7.35. The van der Waals surface area contributed by atoms with E-state index in [9.17, 15) is 9.59 Å². The first kappa shape index (κ1) is 15.5. The van der Waals surface area contributed by atoms with Gasteiger partial charge < -0.3 is 20.5 Å². The Kier molecular flexibility index (Phi) is 4.16. The van der Waals surface area contributed by atoms with E-state index < -0.39 is 0 Å². The molecule has 1 saturated heterocycles. The van der Waals surface area contributed by atoms with Crippen molar-refractivity contribution in [3.05, 3.63) is 22.7 Å². The minimum Gasteiger partial charge on any atom is -0.350 e. The summed E-state index contributed by atoms with van der Waals surface area (Å²) >= 11 is 0. The first-order chi connectivity index (χ1) is 11.7. The van der Waals surface area contributed by atoms with Crippen molar-refractivity contribution in [2.75, 3.05) is 18.0 Å². The second-order valence-electron chi connectivity index (χ2n) is 7.35. The summed E-state index contributed by atoms with van der Waals surface area (Å²) in [6, 6.07) is 0.364. The van der Waals surface area contributed by atoms with Crippen LogP contribution in [0.2, 0.25) is 0 Å². The number of anilines is 1. The van der Waals surface area contributed by atoms with Gasteiger partial charge in [-0.05, 0) is 50.4 Å². The second kappa shape index (κ2) is 6.45. The number of aromatic amines is 1. The summed E-state index contributed by atoms with van der Waals surface area (Å²) in [4.78, 5) is 33.1. The van der Waals surface area contributed by atoms with Crippen LogP contribution in [0.25, 0.3) is 0 Å².